The molecule has 2 saturated heterocycles. The molecule has 6 nitrogen and oxygen atoms in total. The predicted molar refractivity (Wildman–Crippen MR) is 89.2 cm³/mol. The number of esters is 1. The first kappa shape index (κ1) is 17.5. The quantitative estimate of drug-likeness (QED) is 0.781. The lowest BCUT2D eigenvalue weighted by Crippen LogP contribution is -2.51. The molecule has 1 amide bonds. The van der Waals surface area contributed by atoms with Crippen molar-refractivity contribution in [3.05, 3.63) is 0 Å². The largest absolute Gasteiger partial charge is 0.469 e. The van der Waals surface area contributed by atoms with Gasteiger partial charge in [-0.3, -0.25) is 4.79 Å². The van der Waals surface area contributed by atoms with E-state index in [2.05, 4.69) is 6.92 Å². The lowest BCUT2D eigenvalue weighted by atomic mass is 9.79. The van der Waals surface area contributed by atoms with Crippen LogP contribution in [0.3, 0.4) is 0 Å². The first-order valence-corrected chi connectivity index (χ1v) is 8.89. The molecule has 2 heterocycles. The topological polar surface area (TPSA) is 81.9 Å². The third-order valence-electron chi connectivity index (χ3n) is 6.34. The number of fused-ring (bicyclic) bond motifs is 2. The zero-order valence-electron chi connectivity index (χ0n) is 15.4. The summed E-state index contributed by atoms with van der Waals surface area (Å²) in [7, 11) is 1.43. The van der Waals surface area contributed by atoms with Crippen LogP contribution in [0, 0.1) is 16.7 Å². The molecule has 2 aliphatic heterocycles. The number of carbonyl (C=O) groups excluding carboxylic acids is 2. The number of piperidine rings is 1. The van der Waals surface area contributed by atoms with Crippen molar-refractivity contribution in [2.75, 3.05) is 13.7 Å². The van der Waals surface area contributed by atoms with E-state index < -0.39 is 11.0 Å². The van der Waals surface area contributed by atoms with Gasteiger partial charge in [0.05, 0.1) is 12.5 Å². The molecule has 24 heavy (non-hydrogen) atoms. The van der Waals surface area contributed by atoms with E-state index in [4.69, 9.17) is 15.2 Å². The van der Waals surface area contributed by atoms with Crippen molar-refractivity contribution in [3.63, 3.8) is 0 Å². The van der Waals surface area contributed by atoms with Gasteiger partial charge in [-0.25, -0.2) is 4.79 Å². The maximum absolute atomic E-state index is 12.7. The number of nitrogens with zero attached hydrogens (tertiary/aromatic N) is 1. The van der Waals surface area contributed by atoms with Crippen molar-refractivity contribution in [1.82, 2.24) is 4.90 Å². The Morgan fingerprint density at radius 3 is 2.46 bits per heavy atom. The molecular formula is C18H30N2O4. The predicted octanol–water partition coefficient (Wildman–Crippen LogP) is 2.30. The third kappa shape index (κ3) is 2.41. The van der Waals surface area contributed by atoms with Crippen LogP contribution in [0.25, 0.3) is 0 Å². The molecule has 1 saturated carbocycles. The number of hydrogen-bond acceptors (Lipinski definition) is 5. The van der Waals surface area contributed by atoms with E-state index in [1.54, 1.807) is 0 Å². The first-order chi connectivity index (χ1) is 11.1. The van der Waals surface area contributed by atoms with E-state index in [9.17, 15) is 9.59 Å². The second kappa shape index (κ2) is 5.35. The van der Waals surface area contributed by atoms with Gasteiger partial charge in [-0.1, -0.05) is 6.92 Å². The van der Waals surface area contributed by atoms with E-state index in [0.717, 1.165) is 25.7 Å². The van der Waals surface area contributed by atoms with Crippen LogP contribution in [-0.4, -0.2) is 48.3 Å². The second-order valence-corrected chi connectivity index (χ2v) is 8.96. The van der Waals surface area contributed by atoms with Crippen LogP contribution in [0.5, 0.6) is 0 Å². The molecule has 5 atom stereocenters. The Kier molecular flexibility index (Phi) is 3.90. The summed E-state index contributed by atoms with van der Waals surface area (Å²) >= 11 is 0. The highest BCUT2D eigenvalue weighted by Gasteiger charge is 2.75. The summed E-state index contributed by atoms with van der Waals surface area (Å²) in [4.78, 5) is 26.9. The SMILES string of the molecule is COC(=O)[C@]1(CN)C[C@]12C[C@H]1C[C@H](C)[C@@H](C2)N1C(=O)OC(C)(C)C. The molecule has 3 aliphatic rings. The molecule has 2 N–H and O–H groups in total. The zero-order chi connectivity index (χ0) is 17.9. The molecule has 0 aromatic rings. The maximum atomic E-state index is 12.7. The van der Waals surface area contributed by atoms with Gasteiger partial charge < -0.3 is 20.1 Å². The summed E-state index contributed by atoms with van der Waals surface area (Å²) in [5.41, 5.74) is 4.81. The highest BCUT2D eigenvalue weighted by atomic mass is 16.6. The van der Waals surface area contributed by atoms with Gasteiger partial charge in [0, 0.05) is 18.6 Å². The van der Waals surface area contributed by atoms with E-state index >= 15 is 0 Å². The molecule has 3 fully saturated rings. The molecule has 0 aromatic heterocycles. The standard InChI is InChI=1S/C18H30N2O4/c1-11-6-12-7-17(9-18(17,10-19)14(21)23-5)8-13(11)20(12)15(22)24-16(2,3)4/h11-13H,6-10,19H2,1-5H3/t11-,12+,13+,17+,18+/m0/s1. The minimum absolute atomic E-state index is 0.104. The van der Waals surface area contributed by atoms with Crippen LogP contribution >= 0.6 is 0 Å². The van der Waals surface area contributed by atoms with Gasteiger partial charge in [0.1, 0.15) is 5.60 Å². The Morgan fingerprint density at radius 2 is 1.96 bits per heavy atom. The number of carbonyl (C=O) groups is 2. The summed E-state index contributed by atoms with van der Waals surface area (Å²) in [6.45, 7) is 8.17. The summed E-state index contributed by atoms with van der Waals surface area (Å²) in [5.74, 6) is 0.221. The summed E-state index contributed by atoms with van der Waals surface area (Å²) in [6, 6.07) is 0.253. The van der Waals surface area contributed by atoms with E-state index in [-0.39, 0.29) is 29.6 Å². The van der Waals surface area contributed by atoms with Crippen molar-refractivity contribution in [3.8, 4) is 0 Å². The molecule has 0 radical (unpaired) electrons. The fourth-order valence-corrected chi connectivity index (χ4v) is 5.18. The van der Waals surface area contributed by atoms with Gasteiger partial charge in [0.15, 0.2) is 0 Å². The van der Waals surface area contributed by atoms with Gasteiger partial charge in [0.2, 0.25) is 0 Å². The lowest BCUT2D eigenvalue weighted by Gasteiger charge is -2.42. The normalized spacial score (nSPS) is 40.6. The number of methoxy groups -OCH3 is 1. The number of hydrogen-bond donors (Lipinski definition) is 1. The first-order valence-electron chi connectivity index (χ1n) is 8.89. The number of amides is 1. The van der Waals surface area contributed by atoms with Crippen LogP contribution in [0.2, 0.25) is 0 Å². The van der Waals surface area contributed by atoms with Crippen molar-refractivity contribution in [2.24, 2.45) is 22.5 Å². The fraction of sp³-hybridized carbons (Fsp3) is 0.889. The van der Waals surface area contributed by atoms with Crippen LogP contribution < -0.4 is 5.73 Å². The summed E-state index contributed by atoms with van der Waals surface area (Å²) in [5, 5.41) is 0. The Labute approximate surface area is 144 Å². The van der Waals surface area contributed by atoms with Gasteiger partial charge >= 0.3 is 12.1 Å². The summed E-state index contributed by atoms with van der Waals surface area (Å²) in [6.07, 6.45) is 3.16. The van der Waals surface area contributed by atoms with Crippen molar-refractivity contribution >= 4 is 12.1 Å². The van der Waals surface area contributed by atoms with Crippen molar-refractivity contribution in [1.29, 1.82) is 0 Å². The molecule has 6 heteroatoms. The minimum atomic E-state index is -0.553. The third-order valence-corrected chi connectivity index (χ3v) is 6.34. The average Bonchev–Trinajstić information content (AvgIpc) is 3.04. The highest BCUT2D eigenvalue weighted by molar-refractivity contribution is 5.82. The molecule has 136 valence electrons. The number of nitrogens with two attached hydrogens (primary N) is 1. The molecule has 2 bridgehead atoms. The van der Waals surface area contributed by atoms with E-state index in [1.165, 1.54) is 7.11 Å². The van der Waals surface area contributed by atoms with Crippen LogP contribution in [0.4, 0.5) is 4.79 Å². The Hall–Kier alpha value is -1.30. The maximum Gasteiger partial charge on any atom is 0.410 e. The molecular weight excluding hydrogens is 308 g/mol. The van der Waals surface area contributed by atoms with Gasteiger partial charge in [-0.15, -0.1) is 0 Å². The van der Waals surface area contributed by atoms with Crippen molar-refractivity contribution < 1.29 is 19.1 Å². The minimum Gasteiger partial charge on any atom is -0.469 e. The molecule has 0 aromatic carbocycles. The van der Waals surface area contributed by atoms with Gasteiger partial charge in [-0.2, -0.15) is 0 Å². The molecule has 3 rings (SSSR count). The Balaban J connectivity index is 1.81. The Morgan fingerprint density at radius 1 is 1.29 bits per heavy atom. The van der Waals surface area contributed by atoms with Crippen LogP contribution in [0.15, 0.2) is 0 Å². The summed E-state index contributed by atoms with van der Waals surface area (Å²) < 4.78 is 10.6. The lowest BCUT2D eigenvalue weighted by molar-refractivity contribution is -0.149. The van der Waals surface area contributed by atoms with Gasteiger partial charge in [0.25, 0.3) is 0 Å². The monoisotopic (exact) mass is 338 g/mol. The van der Waals surface area contributed by atoms with Crippen LogP contribution in [0.1, 0.15) is 53.4 Å². The van der Waals surface area contributed by atoms with Gasteiger partial charge in [-0.05, 0) is 57.8 Å². The van der Waals surface area contributed by atoms with Crippen molar-refractivity contribution in [2.45, 2.75) is 71.1 Å². The Bertz CT molecular complexity index is 558. The smallest absolute Gasteiger partial charge is 0.410 e. The zero-order valence-corrected chi connectivity index (χ0v) is 15.4. The van der Waals surface area contributed by atoms with E-state index in [0.29, 0.717) is 12.5 Å². The molecule has 0 unspecified atom stereocenters. The fourth-order valence-electron chi connectivity index (χ4n) is 5.18. The highest BCUT2D eigenvalue weighted by Crippen LogP contribution is 2.72. The molecule has 1 spiro atoms. The average molecular weight is 338 g/mol. The van der Waals surface area contributed by atoms with Crippen LogP contribution in [-0.2, 0) is 14.3 Å². The molecule has 1 aliphatic carbocycles. The second-order valence-electron chi connectivity index (χ2n) is 8.96. The number of ether oxygens (including phenoxy) is 2. The number of rotatable bonds is 2. The van der Waals surface area contributed by atoms with E-state index in [1.807, 2.05) is 25.7 Å².